The summed E-state index contributed by atoms with van der Waals surface area (Å²) >= 11 is 4.38. The Labute approximate surface area is 138 Å². The predicted molar refractivity (Wildman–Crippen MR) is 97.7 cm³/mol. The van der Waals surface area contributed by atoms with Gasteiger partial charge in [-0.25, -0.2) is 0 Å². The Morgan fingerprint density at radius 1 is 1.24 bits per heavy atom. The Kier molecular flexibility index (Phi) is 5.23. The van der Waals surface area contributed by atoms with Gasteiger partial charge in [-0.15, -0.1) is 0 Å². The van der Waals surface area contributed by atoms with Gasteiger partial charge in [0.1, 0.15) is 0 Å². The van der Waals surface area contributed by atoms with Gasteiger partial charge in [0.05, 0.1) is 0 Å². The van der Waals surface area contributed by atoms with Crippen molar-refractivity contribution in [2.75, 3.05) is 12.3 Å². The highest BCUT2D eigenvalue weighted by Gasteiger charge is 2.34. The van der Waals surface area contributed by atoms with Crippen LogP contribution in [0.25, 0.3) is 0 Å². The van der Waals surface area contributed by atoms with Crippen LogP contribution in [0.1, 0.15) is 44.2 Å². The van der Waals surface area contributed by atoms with Gasteiger partial charge in [0.2, 0.25) is 0 Å². The Balaban J connectivity index is 1.63. The summed E-state index contributed by atoms with van der Waals surface area (Å²) in [5.74, 6) is 2.09. The number of nitrogens with one attached hydrogen (secondary N) is 1. The van der Waals surface area contributed by atoms with E-state index in [0.717, 1.165) is 28.2 Å². The van der Waals surface area contributed by atoms with Crippen molar-refractivity contribution in [1.82, 2.24) is 5.32 Å². The van der Waals surface area contributed by atoms with Gasteiger partial charge < -0.3 is 5.32 Å². The summed E-state index contributed by atoms with van der Waals surface area (Å²) in [5, 5.41) is 6.14. The molecule has 1 N–H and O–H groups in total. The SMILES string of the molecule is CCNC(CC1Cc2ccccc21)C1CSC(C)C(C)S1. The molecular weight excluding hydrogens is 294 g/mol. The minimum absolute atomic E-state index is 0.667. The van der Waals surface area contributed by atoms with E-state index < -0.39 is 0 Å². The second-order valence-corrected chi connectivity index (χ2v) is 9.45. The highest BCUT2D eigenvalue weighted by molar-refractivity contribution is 8.07. The summed E-state index contributed by atoms with van der Waals surface area (Å²) in [7, 11) is 0. The van der Waals surface area contributed by atoms with Gasteiger partial charge in [-0.1, -0.05) is 45.0 Å². The molecule has 1 aliphatic heterocycles. The fourth-order valence-electron chi connectivity index (χ4n) is 3.53. The molecule has 0 radical (unpaired) electrons. The number of thioether (sulfide) groups is 2. The maximum absolute atomic E-state index is 3.78. The third-order valence-electron chi connectivity index (χ3n) is 4.99. The third kappa shape index (κ3) is 3.46. The summed E-state index contributed by atoms with van der Waals surface area (Å²) in [4.78, 5) is 0. The van der Waals surface area contributed by atoms with Crippen LogP contribution in [0.3, 0.4) is 0 Å². The topological polar surface area (TPSA) is 12.0 Å². The van der Waals surface area contributed by atoms with Gasteiger partial charge in [0, 0.05) is 27.5 Å². The minimum Gasteiger partial charge on any atom is -0.313 e. The first kappa shape index (κ1) is 15.8. The molecule has 1 saturated heterocycles. The normalized spacial score (nSPS) is 33.1. The second kappa shape index (κ2) is 6.97. The Hall–Kier alpha value is -0.120. The van der Waals surface area contributed by atoms with Crippen molar-refractivity contribution in [2.45, 2.75) is 61.3 Å². The lowest BCUT2D eigenvalue weighted by Gasteiger charge is -2.40. The van der Waals surface area contributed by atoms with Gasteiger partial charge in [-0.05, 0) is 36.4 Å². The molecule has 2 aliphatic rings. The van der Waals surface area contributed by atoms with Gasteiger partial charge >= 0.3 is 0 Å². The average Bonchev–Trinajstić information content (AvgIpc) is 2.46. The summed E-state index contributed by atoms with van der Waals surface area (Å²) in [5.41, 5.74) is 3.18. The number of rotatable bonds is 5. The molecule has 0 bridgehead atoms. The maximum atomic E-state index is 3.78. The summed E-state index contributed by atoms with van der Waals surface area (Å²) < 4.78 is 0. The molecule has 1 nitrogen and oxygen atoms in total. The van der Waals surface area contributed by atoms with E-state index in [9.17, 15) is 0 Å². The zero-order valence-corrected chi connectivity index (χ0v) is 15.0. The van der Waals surface area contributed by atoms with E-state index in [0.29, 0.717) is 6.04 Å². The van der Waals surface area contributed by atoms with Crippen molar-refractivity contribution in [1.29, 1.82) is 0 Å². The molecule has 21 heavy (non-hydrogen) atoms. The minimum atomic E-state index is 0.667. The van der Waals surface area contributed by atoms with Crippen LogP contribution in [0.4, 0.5) is 0 Å². The molecule has 5 atom stereocenters. The number of hydrogen-bond acceptors (Lipinski definition) is 3. The molecule has 1 aromatic carbocycles. The smallest absolute Gasteiger partial charge is 0.0295 e. The predicted octanol–water partition coefficient (Wildman–Crippen LogP) is 4.32. The lowest BCUT2D eigenvalue weighted by Crippen LogP contribution is -2.45. The quantitative estimate of drug-likeness (QED) is 0.867. The van der Waals surface area contributed by atoms with Crippen LogP contribution >= 0.6 is 23.5 Å². The molecule has 0 amide bonds. The van der Waals surface area contributed by atoms with Gasteiger partial charge in [0.15, 0.2) is 0 Å². The molecule has 5 unspecified atom stereocenters. The van der Waals surface area contributed by atoms with E-state index in [1.807, 2.05) is 0 Å². The summed E-state index contributed by atoms with van der Waals surface area (Å²) in [6, 6.07) is 9.67. The Morgan fingerprint density at radius 3 is 2.76 bits per heavy atom. The molecule has 0 saturated carbocycles. The lowest BCUT2D eigenvalue weighted by molar-refractivity contribution is 0.422. The van der Waals surface area contributed by atoms with Gasteiger partial charge in [-0.3, -0.25) is 0 Å². The first-order valence-corrected chi connectivity index (χ1v) is 10.3. The molecule has 3 rings (SSSR count). The molecule has 0 aromatic heterocycles. The van der Waals surface area contributed by atoms with E-state index in [2.05, 4.69) is 73.9 Å². The monoisotopic (exact) mass is 321 g/mol. The zero-order valence-electron chi connectivity index (χ0n) is 13.3. The van der Waals surface area contributed by atoms with Crippen molar-refractivity contribution >= 4 is 23.5 Å². The van der Waals surface area contributed by atoms with Crippen molar-refractivity contribution in [3.05, 3.63) is 35.4 Å². The van der Waals surface area contributed by atoms with E-state index in [1.54, 1.807) is 11.1 Å². The van der Waals surface area contributed by atoms with Crippen LogP contribution in [0.15, 0.2) is 24.3 Å². The van der Waals surface area contributed by atoms with Gasteiger partial charge in [-0.2, -0.15) is 23.5 Å². The van der Waals surface area contributed by atoms with Crippen LogP contribution in [0, 0.1) is 0 Å². The fourth-order valence-corrected chi connectivity index (χ4v) is 6.67. The first-order valence-electron chi connectivity index (χ1n) is 8.27. The van der Waals surface area contributed by atoms with Crippen molar-refractivity contribution in [3.63, 3.8) is 0 Å². The van der Waals surface area contributed by atoms with Crippen LogP contribution < -0.4 is 5.32 Å². The molecule has 1 heterocycles. The molecule has 1 aliphatic carbocycles. The van der Waals surface area contributed by atoms with Crippen molar-refractivity contribution in [3.8, 4) is 0 Å². The molecule has 1 aromatic rings. The van der Waals surface area contributed by atoms with E-state index in [4.69, 9.17) is 0 Å². The van der Waals surface area contributed by atoms with Gasteiger partial charge in [0.25, 0.3) is 0 Å². The summed E-state index contributed by atoms with van der Waals surface area (Å²) in [6.45, 7) is 8.11. The van der Waals surface area contributed by atoms with E-state index >= 15 is 0 Å². The van der Waals surface area contributed by atoms with E-state index in [-0.39, 0.29) is 0 Å². The highest BCUT2D eigenvalue weighted by Crippen LogP contribution is 2.42. The van der Waals surface area contributed by atoms with Crippen LogP contribution in [-0.4, -0.2) is 34.1 Å². The maximum Gasteiger partial charge on any atom is 0.0295 e. The standard InChI is InChI=1S/C18H27NS2/c1-4-19-17(18-11-20-12(2)13(3)21-18)10-15-9-14-7-5-6-8-16(14)15/h5-8,12-13,15,17-19H,4,9-11H2,1-3H3. The molecule has 1 fully saturated rings. The van der Waals surface area contributed by atoms with Crippen molar-refractivity contribution in [2.24, 2.45) is 0 Å². The Bertz CT molecular complexity index is 476. The molecular formula is C18H27NS2. The average molecular weight is 322 g/mol. The third-order valence-corrected chi connectivity index (χ3v) is 8.54. The molecule has 3 heteroatoms. The number of benzene rings is 1. The second-order valence-electron chi connectivity index (χ2n) is 6.42. The first-order chi connectivity index (χ1) is 10.2. The molecule has 0 spiro atoms. The Morgan fingerprint density at radius 2 is 2.05 bits per heavy atom. The summed E-state index contributed by atoms with van der Waals surface area (Å²) in [6.07, 6.45) is 2.60. The van der Waals surface area contributed by atoms with E-state index in [1.165, 1.54) is 18.6 Å². The zero-order chi connectivity index (χ0) is 14.8. The van der Waals surface area contributed by atoms with Crippen molar-refractivity contribution < 1.29 is 0 Å². The fraction of sp³-hybridized carbons (Fsp3) is 0.667. The largest absolute Gasteiger partial charge is 0.313 e. The molecule has 116 valence electrons. The lowest BCUT2D eigenvalue weighted by atomic mass is 9.74. The highest BCUT2D eigenvalue weighted by atomic mass is 32.2. The van der Waals surface area contributed by atoms with Crippen LogP contribution in [0.2, 0.25) is 0 Å². The van der Waals surface area contributed by atoms with Crippen LogP contribution in [-0.2, 0) is 6.42 Å². The van der Waals surface area contributed by atoms with Crippen LogP contribution in [0.5, 0.6) is 0 Å². The number of fused-ring (bicyclic) bond motifs is 1. The number of hydrogen-bond donors (Lipinski definition) is 1.